The second-order valence-electron chi connectivity index (χ2n) is 4.69. The SMILES string of the molecule is Clc1ccc(Br)cc1CNCCOC1CCCC1. The smallest absolute Gasteiger partial charge is 0.0594 e. The van der Waals surface area contributed by atoms with Gasteiger partial charge in [-0.2, -0.15) is 0 Å². The summed E-state index contributed by atoms with van der Waals surface area (Å²) < 4.78 is 6.85. The molecule has 0 spiro atoms. The van der Waals surface area contributed by atoms with E-state index in [0.29, 0.717) is 6.10 Å². The Bertz CT molecular complexity index is 380. The minimum Gasteiger partial charge on any atom is -0.377 e. The highest BCUT2D eigenvalue weighted by atomic mass is 79.9. The number of benzene rings is 1. The van der Waals surface area contributed by atoms with Gasteiger partial charge in [0.15, 0.2) is 0 Å². The Hall–Kier alpha value is -0.0900. The van der Waals surface area contributed by atoms with E-state index in [1.165, 1.54) is 25.7 Å². The number of halogens is 2. The maximum Gasteiger partial charge on any atom is 0.0594 e. The molecule has 0 radical (unpaired) electrons. The molecule has 0 heterocycles. The first-order valence-corrected chi connectivity index (χ1v) is 7.69. The van der Waals surface area contributed by atoms with E-state index < -0.39 is 0 Å². The molecule has 1 aromatic rings. The number of rotatable bonds is 6. The van der Waals surface area contributed by atoms with Crippen molar-refractivity contribution in [2.45, 2.75) is 38.3 Å². The van der Waals surface area contributed by atoms with E-state index >= 15 is 0 Å². The van der Waals surface area contributed by atoms with Gasteiger partial charge in [0.2, 0.25) is 0 Å². The lowest BCUT2D eigenvalue weighted by Gasteiger charge is -2.12. The van der Waals surface area contributed by atoms with Gasteiger partial charge in [-0.25, -0.2) is 0 Å². The maximum atomic E-state index is 6.12. The van der Waals surface area contributed by atoms with E-state index in [4.69, 9.17) is 16.3 Å². The van der Waals surface area contributed by atoms with Crippen molar-refractivity contribution >= 4 is 27.5 Å². The van der Waals surface area contributed by atoms with Crippen LogP contribution in [0.5, 0.6) is 0 Å². The minimum absolute atomic E-state index is 0.501. The highest BCUT2D eigenvalue weighted by Crippen LogP contribution is 2.21. The second kappa shape index (κ2) is 7.49. The van der Waals surface area contributed by atoms with E-state index in [2.05, 4.69) is 21.2 Å². The number of ether oxygens (including phenoxy) is 1. The molecule has 0 saturated heterocycles. The van der Waals surface area contributed by atoms with Crippen molar-refractivity contribution < 1.29 is 4.74 Å². The first-order valence-electron chi connectivity index (χ1n) is 6.52. The maximum absolute atomic E-state index is 6.12. The molecule has 0 atom stereocenters. The van der Waals surface area contributed by atoms with Gasteiger partial charge in [0.25, 0.3) is 0 Å². The molecule has 18 heavy (non-hydrogen) atoms. The number of hydrogen-bond donors (Lipinski definition) is 1. The summed E-state index contributed by atoms with van der Waals surface area (Å²) in [7, 11) is 0. The average Bonchev–Trinajstić information content (AvgIpc) is 2.86. The third-order valence-corrected chi connectivity index (χ3v) is 4.12. The zero-order valence-corrected chi connectivity index (χ0v) is 12.8. The molecular weight excluding hydrogens is 314 g/mol. The van der Waals surface area contributed by atoms with Crippen LogP contribution in [-0.4, -0.2) is 19.3 Å². The van der Waals surface area contributed by atoms with Gasteiger partial charge < -0.3 is 10.1 Å². The van der Waals surface area contributed by atoms with Crippen molar-refractivity contribution in [1.29, 1.82) is 0 Å². The molecular formula is C14H19BrClNO. The van der Waals surface area contributed by atoms with Crippen molar-refractivity contribution in [3.63, 3.8) is 0 Å². The molecule has 0 aliphatic heterocycles. The molecule has 1 fully saturated rings. The lowest BCUT2D eigenvalue weighted by atomic mass is 10.2. The molecule has 1 aromatic carbocycles. The van der Waals surface area contributed by atoms with Crippen LogP contribution >= 0.6 is 27.5 Å². The fourth-order valence-electron chi connectivity index (χ4n) is 2.25. The Morgan fingerprint density at radius 1 is 1.33 bits per heavy atom. The van der Waals surface area contributed by atoms with Crippen molar-refractivity contribution in [3.8, 4) is 0 Å². The van der Waals surface area contributed by atoms with E-state index in [9.17, 15) is 0 Å². The Labute approximate surface area is 122 Å². The first-order chi connectivity index (χ1) is 8.75. The average molecular weight is 333 g/mol. The normalized spacial score (nSPS) is 16.3. The fourth-order valence-corrected chi connectivity index (χ4v) is 2.85. The van der Waals surface area contributed by atoms with E-state index in [1.807, 2.05) is 18.2 Å². The summed E-state index contributed by atoms with van der Waals surface area (Å²) >= 11 is 9.57. The number of hydrogen-bond acceptors (Lipinski definition) is 2. The standard InChI is InChI=1S/C14H19BrClNO/c15-12-5-6-14(16)11(9-12)10-17-7-8-18-13-3-1-2-4-13/h5-6,9,13,17H,1-4,7-8,10H2. The fraction of sp³-hybridized carbons (Fsp3) is 0.571. The van der Waals surface area contributed by atoms with Gasteiger partial charge in [-0.05, 0) is 36.6 Å². The summed E-state index contributed by atoms with van der Waals surface area (Å²) in [5.74, 6) is 0. The molecule has 2 nitrogen and oxygen atoms in total. The van der Waals surface area contributed by atoms with Crippen LogP contribution in [0.1, 0.15) is 31.2 Å². The predicted molar refractivity (Wildman–Crippen MR) is 79.1 cm³/mol. The Morgan fingerprint density at radius 3 is 2.89 bits per heavy atom. The summed E-state index contributed by atoms with van der Waals surface area (Å²) in [5, 5.41) is 4.17. The van der Waals surface area contributed by atoms with Gasteiger partial charge in [0.05, 0.1) is 12.7 Å². The zero-order chi connectivity index (χ0) is 12.8. The van der Waals surface area contributed by atoms with Gasteiger partial charge in [-0.1, -0.05) is 40.4 Å². The van der Waals surface area contributed by atoms with Crippen LogP contribution in [0, 0.1) is 0 Å². The molecule has 0 bridgehead atoms. The monoisotopic (exact) mass is 331 g/mol. The molecule has 1 aliphatic rings. The molecule has 1 saturated carbocycles. The molecule has 0 aromatic heterocycles. The van der Waals surface area contributed by atoms with Gasteiger partial charge in [-0.3, -0.25) is 0 Å². The van der Waals surface area contributed by atoms with Crippen LogP contribution in [0.15, 0.2) is 22.7 Å². The third kappa shape index (κ3) is 4.54. The molecule has 0 amide bonds. The van der Waals surface area contributed by atoms with E-state index in [-0.39, 0.29) is 0 Å². The molecule has 0 unspecified atom stereocenters. The van der Waals surface area contributed by atoms with Crippen LogP contribution in [0.2, 0.25) is 5.02 Å². The zero-order valence-electron chi connectivity index (χ0n) is 10.4. The summed E-state index contributed by atoms with van der Waals surface area (Å²) in [6, 6.07) is 5.92. The Balaban J connectivity index is 1.64. The highest BCUT2D eigenvalue weighted by molar-refractivity contribution is 9.10. The van der Waals surface area contributed by atoms with Crippen molar-refractivity contribution in [2.75, 3.05) is 13.2 Å². The predicted octanol–water partition coefficient (Wildman–Crippen LogP) is 4.15. The van der Waals surface area contributed by atoms with Gasteiger partial charge >= 0.3 is 0 Å². The van der Waals surface area contributed by atoms with Crippen LogP contribution in [0.4, 0.5) is 0 Å². The van der Waals surface area contributed by atoms with Crippen LogP contribution in [0.25, 0.3) is 0 Å². The summed E-state index contributed by atoms with van der Waals surface area (Å²) in [4.78, 5) is 0. The first kappa shape index (κ1) is 14.3. The molecule has 2 rings (SSSR count). The van der Waals surface area contributed by atoms with Crippen LogP contribution in [-0.2, 0) is 11.3 Å². The number of nitrogens with one attached hydrogen (secondary N) is 1. The minimum atomic E-state index is 0.501. The van der Waals surface area contributed by atoms with E-state index in [1.54, 1.807) is 0 Å². The van der Waals surface area contributed by atoms with Crippen molar-refractivity contribution in [1.82, 2.24) is 5.32 Å². The van der Waals surface area contributed by atoms with Gasteiger partial charge in [0.1, 0.15) is 0 Å². The quantitative estimate of drug-likeness (QED) is 0.790. The molecule has 1 N–H and O–H groups in total. The summed E-state index contributed by atoms with van der Waals surface area (Å²) in [6.07, 6.45) is 5.62. The summed E-state index contributed by atoms with van der Waals surface area (Å²) in [5.41, 5.74) is 1.12. The highest BCUT2D eigenvalue weighted by Gasteiger charge is 2.14. The lowest BCUT2D eigenvalue weighted by molar-refractivity contribution is 0.0603. The largest absolute Gasteiger partial charge is 0.377 e. The van der Waals surface area contributed by atoms with Crippen molar-refractivity contribution in [2.24, 2.45) is 0 Å². The Morgan fingerprint density at radius 2 is 2.11 bits per heavy atom. The summed E-state index contributed by atoms with van der Waals surface area (Å²) in [6.45, 7) is 2.45. The lowest BCUT2D eigenvalue weighted by Crippen LogP contribution is -2.22. The Kier molecular flexibility index (Phi) is 5.96. The van der Waals surface area contributed by atoms with E-state index in [0.717, 1.165) is 34.8 Å². The molecule has 1 aliphatic carbocycles. The van der Waals surface area contributed by atoms with Crippen LogP contribution < -0.4 is 5.32 Å². The molecule has 4 heteroatoms. The topological polar surface area (TPSA) is 21.3 Å². The van der Waals surface area contributed by atoms with Gasteiger partial charge in [-0.15, -0.1) is 0 Å². The van der Waals surface area contributed by atoms with Gasteiger partial charge in [0, 0.05) is 22.6 Å². The van der Waals surface area contributed by atoms with Crippen LogP contribution in [0.3, 0.4) is 0 Å². The molecule has 100 valence electrons. The third-order valence-electron chi connectivity index (χ3n) is 3.26. The second-order valence-corrected chi connectivity index (χ2v) is 6.01. The van der Waals surface area contributed by atoms with Crippen molar-refractivity contribution in [3.05, 3.63) is 33.3 Å².